The van der Waals surface area contributed by atoms with E-state index in [1.165, 1.54) is 32.2 Å². The summed E-state index contributed by atoms with van der Waals surface area (Å²) in [5.41, 5.74) is 0.0452. The number of methoxy groups -OCH3 is 1. The van der Waals surface area contributed by atoms with Crippen LogP contribution in [0.15, 0.2) is 18.2 Å². The Hall–Kier alpha value is -2.24. The van der Waals surface area contributed by atoms with Gasteiger partial charge in [0.15, 0.2) is 0 Å². The maximum atomic E-state index is 12.0. The molecule has 2 unspecified atom stereocenters. The third kappa shape index (κ3) is 3.61. The number of aliphatic carboxylic acids is 1. The van der Waals surface area contributed by atoms with Gasteiger partial charge in [0.25, 0.3) is 5.91 Å². The summed E-state index contributed by atoms with van der Waals surface area (Å²) in [5, 5.41) is 21.0. The van der Waals surface area contributed by atoms with Crippen molar-refractivity contribution in [1.82, 2.24) is 5.32 Å². The first-order valence-corrected chi connectivity index (χ1v) is 5.77. The Bertz CT molecular complexity index is 486. The topological polar surface area (TPSA) is 95.9 Å². The fourth-order valence-corrected chi connectivity index (χ4v) is 1.45. The van der Waals surface area contributed by atoms with E-state index in [9.17, 15) is 14.7 Å². The van der Waals surface area contributed by atoms with Gasteiger partial charge in [0.2, 0.25) is 0 Å². The third-order valence-electron chi connectivity index (χ3n) is 2.95. The molecule has 0 spiro atoms. The van der Waals surface area contributed by atoms with E-state index in [1.54, 1.807) is 6.92 Å². The Kier molecular flexibility index (Phi) is 4.74. The average Bonchev–Trinajstić information content (AvgIpc) is 2.37. The van der Waals surface area contributed by atoms with Crippen LogP contribution in [-0.4, -0.2) is 35.2 Å². The number of hydrogen-bond donors (Lipinski definition) is 3. The molecule has 19 heavy (non-hydrogen) atoms. The quantitative estimate of drug-likeness (QED) is 0.746. The zero-order valence-electron chi connectivity index (χ0n) is 11.0. The summed E-state index contributed by atoms with van der Waals surface area (Å²) in [5.74, 6) is -2.02. The van der Waals surface area contributed by atoms with Crippen LogP contribution in [0.1, 0.15) is 24.2 Å². The van der Waals surface area contributed by atoms with Gasteiger partial charge in [-0.15, -0.1) is 0 Å². The Morgan fingerprint density at radius 3 is 2.47 bits per heavy atom. The molecule has 2 atom stereocenters. The molecule has 0 aliphatic heterocycles. The normalized spacial score (nSPS) is 13.4. The molecule has 1 amide bonds. The molecule has 3 N–H and O–H groups in total. The molecule has 6 nitrogen and oxygen atoms in total. The number of phenolic OH excluding ortho intramolecular Hbond substituents is 1. The van der Waals surface area contributed by atoms with Gasteiger partial charge < -0.3 is 20.3 Å². The number of aromatic hydroxyl groups is 1. The zero-order valence-corrected chi connectivity index (χ0v) is 11.0. The SMILES string of the molecule is COc1ccc(O)c(C(=O)NC(C)C(C)C(=O)O)c1. The summed E-state index contributed by atoms with van der Waals surface area (Å²) < 4.78 is 4.97. The van der Waals surface area contributed by atoms with Crippen LogP contribution in [0.3, 0.4) is 0 Å². The molecule has 0 aliphatic rings. The van der Waals surface area contributed by atoms with Crippen molar-refractivity contribution in [2.24, 2.45) is 5.92 Å². The highest BCUT2D eigenvalue weighted by Gasteiger charge is 2.22. The van der Waals surface area contributed by atoms with Crippen LogP contribution in [0.4, 0.5) is 0 Å². The van der Waals surface area contributed by atoms with Gasteiger partial charge in [0.1, 0.15) is 11.5 Å². The largest absolute Gasteiger partial charge is 0.507 e. The Morgan fingerprint density at radius 2 is 1.95 bits per heavy atom. The van der Waals surface area contributed by atoms with E-state index in [4.69, 9.17) is 9.84 Å². The Labute approximate surface area is 111 Å². The number of ether oxygens (including phenoxy) is 1. The van der Waals surface area contributed by atoms with Crippen molar-refractivity contribution in [3.8, 4) is 11.5 Å². The monoisotopic (exact) mass is 267 g/mol. The van der Waals surface area contributed by atoms with Crippen LogP contribution in [-0.2, 0) is 4.79 Å². The molecule has 0 aromatic heterocycles. The molecule has 0 radical (unpaired) electrons. The lowest BCUT2D eigenvalue weighted by atomic mass is 10.0. The van der Waals surface area contributed by atoms with E-state index < -0.39 is 23.8 Å². The lowest BCUT2D eigenvalue weighted by Crippen LogP contribution is -2.40. The lowest BCUT2D eigenvalue weighted by molar-refractivity contribution is -0.141. The summed E-state index contributed by atoms with van der Waals surface area (Å²) in [7, 11) is 1.45. The molecule has 104 valence electrons. The Balaban J connectivity index is 2.86. The van der Waals surface area contributed by atoms with Crippen LogP contribution in [0.2, 0.25) is 0 Å². The molecule has 0 saturated heterocycles. The lowest BCUT2D eigenvalue weighted by Gasteiger charge is -2.18. The van der Waals surface area contributed by atoms with E-state index in [1.807, 2.05) is 0 Å². The van der Waals surface area contributed by atoms with Gasteiger partial charge in [0, 0.05) is 6.04 Å². The van der Waals surface area contributed by atoms with Gasteiger partial charge >= 0.3 is 5.97 Å². The fourth-order valence-electron chi connectivity index (χ4n) is 1.45. The minimum atomic E-state index is -0.998. The van der Waals surface area contributed by atoms with Crippen molar-refractivity contribution in [1.29, 1.82) is 0 Å². The molecule has 0 fully saturated rings. The number of phenols is 1. The van der Waals surface area contributed by atoms with Gasteiger partial charge in [-0.1, -0.05) is 0 Å². The molecular weight excluding hydrogens is 250 g/mol. The maximum Gasteiger partial charge on any atom is 0.308 e. The van der Waals surface area contributed by atoms with E-state index in [0.29, 0.717) is 5.75 Å². The van der Waals surface area contributed by atoms with Crippen molar-refractivity contribution >= 4 is 11.9 Å². The number of benzene rings is 1. The van der Waals surface area contributed by atoms with E-state index in [0.717, 1.165) is 0 Å². The molecule has 1 aromatic rings. The molecule has 0 heterocycles. The van der Waals surface area contributed by atoms with E-state index in [2.05, 4.69) is 5.32 Å². The summed E-state index contributed by atoms with van der Waals surface area (Å²) >= 11 is 0. The van der Waals surface area contributed by atoms with Crippen LogP contribution in [0.5, 0.6) is 11.5 Å². The molecular formula is C13H17NO5. The van der Waals surface area contributed by atoms with Gasteiger partial charge in [-0.2, -0.15) is 0 Å². The number of nitrogens with one attached hydrogen (secondary N) is 1. The highest BCUT2D eigenvalue weighted by molar-refractivity contribution is 5.97. The summed E-state index contributed by atoms with van der Waals surface area (Å²) in [6.07, 6.45) is 0. The second-order valence-corrected chi connectivity index (χ2v) is 4.27. The van der Waals surface area contributed by atoms with Crippen LogP contribution >= 0.6 is 0 Å². The fraction of sp³-hybridized carbons (Fsp3) is 0.385. The highest BCUT2D eigenvalue weighted by atomic mass is 16.5. The van der Waals surface area contributed by atoms with Gasteiger partial charge in [-0.05, 0) is 32.0 Å². The van der Waals surface area contributed by atoms with Crippen LogP contribution in [0.25, 0.3) is 0 Å². The first kappa shape index (κ1) is 14.8. The summed E-state index contributed by atoms with van der Waals surface area (Å²) in [6.45, 7) is 3.09. The first-order valence-electron chi connectivity index (χ1n) is 5.77. The molecule has 1 rings (SSSR count). The zero-order chi connectivity index (χ0) is 14.6. The number of carboxylic acid groups (broad SMARTS) is 1. The van der Waals surface area contributed by atoms with E-state index >= 15 is 0 Å². The van der Waals surface area contributed by atoms with Crippen molar-refractivity contribution in [2.75, 3.05) is 7.11 Å². The maximum absolute atomic E-state index is 12.0. The number of amides is 1. The summed E-state index contributed by atoms with van der Waals surface area (Å²) in [6, 6.07) is 3.70. The predicted octanol–water partition coefficient (Wildman–Crippen LogP) is 1.24. The molecule has 0 saturated carbocycles. The molecule has 1 aromatic carbocycles. The number of hydrogen-bond acceptors (Lipinski definition) is 4. The molecule has 0 aliphatic carbocycles. The van der Waals surface area contributed by atoms with Gasteiger partial charge in [0.05, 0.1) is 18.6 Å². The van der Waals surface area contributed by atoms with Gasteiger partial charge in [-0.25, -0.2) is 0 Å². The third-order valence-corrected chi connectivity index (χ3v) is 2.95. The average molecular weight is 267 g/mol. The molecule has 6 heteroatoms. The number of carboxylic acids is 1. The Morgan fingerprint density at radius 1 is 1.32 bits per heavy atom. The number of carbonyl (C=O) groups is 2. The highest BCUT2D eigenvalue weighted by Crippen LogP contribution is 2.23. The van der Waals surface area contributed by atoms with Crippen LogP contribution < -0.4 is 10.1 Å². The molecule has 0 bridgehead atoms. The second kappa shape index (κ2) is 6.08. The first-order chi connectivity index (χ1) is 8.86. The minimum absolute atomic E-state index is 0.0452. The van der Waals surface area contributed by atoms with Crippen molar-refractivity contribution < 1.29 is 24.5 Å². The summed E-state index contributed by atoms with van der Waals surface area (Å²) in [4.78, 5) is 22.8. The van der Waals surface area contributed by atoms with Gasteiger partial charge in [-0.3, -0.25) is 9.59 Å². The van der Waals surface area contributed by atoms with Crippen molar-refractivity contribution in [2.45, 2.75) is 19.9 Å². The van der Waals surface area contributed by atoms with Crippen molar-refractivity contribution in [3.63, 3.8) is 0 Å². The van der Waals surface area contributed by atoms with Crippen molar-refractivity contribution in [3.05, 3.63) is 23.8 Å². The standard InChI is InChI=1S/C13H17NO5/c1-7(13(17)18)8(2)14-12(16)10-6-9(19-3)4-5-11(10)15/h4-8,15H,1-3H3,(H,14,16)(H,17,18). The van der Waals surface area contributed by atoms with Crippen LogP contribution in [0, 0.1) is 5.92 Å². The van der Waals surface area contributed by atoms with E-state index in [-0.39, 0.29) is 11.3 Å². The minimum Gasteiger partial charge on any atom is -0.507 e. The second-order valence-electron chi connectivity index (χ2n) is 4.27. The predicted molar refractivity (Wildman–Crippen MR) is 68.4 cm³/mol. The number of rotatable bonds is 5. The smallest absolute Gasteiger partial charge is 0.308 e. The number of carbonyl (C=O) groups excluding carboxylic acids is 1.